The standard InChI is InChI=1S/C15H24ClNO3/c1-4-17-8-13-14(16)6-5-7-15(13)20-10-12(18)9-19-11(2)3/h5-7,11-12,17-18H,4,8-10H2,1-3H3. The van der Waals surface area contributed by atoms with Gasteiger partial charge in [-0.2, -0.15) is 0 Å². The highest BCUT2D eigenvalue weighted by molar-refractivity contribution is 6.31. The molecule has 114 valence electrons. The van der Waals surface area contributed by atoms with E-state index in [0.717, 1.165) is 12.1 Å². The minimum atomic E-state index is -0.650. The summed E-state index contributed by atoms with van der Waals surface area (Å²) < 4.78 is 11.0. The summed E-state index contributed by atoms with van der Waals surface area (Å²) in [5.74, 6) is 0.696. The van der Waals surface area contributed by atoms with Crippen molar-refractivity contribution in [3.8, 4) is 5.75 Å². The van der Waals surface area contributed by atoms with Gasteiger partial charge in [0.2, 0.25) is 0 Å². The molecule has 0 amide bonds. The molecule has 0 bridgehead atoms. The van der Waals surface area contributed by atoms with Gasteiger partial charge in [0.1, 0.15) is 18.5 Å². The van der Waals surface area contributed by atoms with Crippen LogP contribution in [0.5, 0.6) is 5.75 Å². The van der Waals surface area contributed by atoms with E-state index in [1.165, 1.54) is 0 Å². The van der Waals surface area contributed by atoms with Crippen molar-refractivity contribution >= 4 is 11.6 Å². The van der Waals surface area contributed by atoms with Crippen molar-refractivity contribution in [3.05, 3.63) is 28.8 Å². The Morgan fingerprint density at radius 3 is 2.70 bits per heavy atom. The van der Waals surface area contributed by atoms with E-state index in [9.17, 15) is 5.11 Å². The molecule has 4 nitrogen and oxygen atoms in total. The van der Waals surface area contributed by atoms with Crippen LogP contribution in [0.25, 0.3) is 0 Å². The predicted molar refractivity (Wildman–Crippen MR) is 81.4 cm³/mol. The lowest BCUT2D eigenvalue weighted by Crippen LogP contribution is -2.25. The topological polar surface area (TPSA) is 50.7 Å². The van der Waals surface area contributed by atoms with Crippen molar-refractivity contribution in [2.75, 3.05) is 19.8 Å². The van der Waals surface area contributed by atoms with Crippen LogP contribution in [0.2, 0.25) is 5.02 Å². The third-order valence-corrected chi connectivity index (χ3v) is 3.03. The van der Waals surface area contributed by atoms with Crippen molar-refractivity contribution in [2.45, 2.75) is 39.5 Å². The molecule has 0 aromatic heterocycles. The number of benzene rings is 1. The van der Waals surface area contributed by atoms with E-state index in [1.807, 2.05) is 39.0 Å². The second-order valence-electron chi connectivity index (χ2n) is 4.84. The minimum Gasteiger partial charge on any atom is -0.490 e. The average Bonchev–Trinajstić information content (AvgIpc) is 2.41. The van der Waals surface area contributed by atoms with Gasteiger partial charge in [-0.05, 0) is 32.5 Å². The molecule has 1 unspecified atom stereocenters. The number of aliphatic hydroxyl groups excluding tert-OH is 1. The molecule has 0 aliphatic rings. The van der Waals surface area contributed by atoms with Crippen LogP contribution in [0.3, 0.4) is 0 Å². The first-order valence-electron chi connectivity index (χ1n) is 6.95. The predicted octanol–water partition coefficient (Wildman–Crippen LogP) is 2.61. The van der Waals surface area contributed by atoms with Gasteiger partial charge in [-0.1, -0.05) is 24.6 Å². The van der Waals surface area contributed by atoms with Crippen LogP contribution >= 0.6 is 11.6 Å². The number of hydrogen-bond donors (Lipinski definition) is 2. The number of nitrogens with one attached hydrogen (secondary N) is 1. The summed E-state index contributed by atoms with van der Waals surface area (Å²) in [5.41, 5.74) is 0.910. The highest BCUT2D eigenvalue weighted by atomic mass is 35.5. The highest BCUT2D eigenvalue weighted by Crippen LogP contribution is 2.26. The van der Waals surface area contributed by atoms with E-state index in [1.54, 1.807) is 0 Å². The molecule has 0 radical (unpaired) electrons. The first-order valence-corrected chi connectivity index (χ1v) is 7.33. The highest BCUT2D eigenvalue weighted by Gasteiger charge is 2.11. The van der Waals surface area contributed by atoms with Crippen LogP contribution in [-0.4, -0.2) is 37.1 Å². The summed E-state index contributed by atoms with van der Waals surface area (Å²) in [5, 5.41) is 13.7. The number of halogens is 1. The number of hydrogen-bond acceptors (Lipinski definition) is 4. The van der Waals surface area contributed by atoms with Gasteiger partial charge in [0.05, 0.1) is 12.7 Å². The maximum atomic E-state index is 9.80. The second kappa shape index (κ2) is 9.19. The van der Waals surface area contributed by atoms with E-state index in [2.05, 4.69) is 5.32 Å². The lowest BCUT2D eigenvalue weighted by Gasteiger charge is -2.17. The van der Waals surface area contributed by atoms with Crippen molar-refractivity contribution < 1.29 is 14.6 Å². The Labute approximate surface area is 126 Å². The van der Waals surface area contributed by atoms with E-state index >= 15 is 0 Å². The third-order valence-electron chi connectivity index (χ3n) is 2.68. The molecule has 1 rings (SSSR count). The molecule has 1 aromatic carbocycles. The smallest absolute Gasteiger partial charge is 0.125 e. The van der Waals surface area contributed by atoms with E-state index in [-0.39, 0.29) is 19.3 Å². The fourth-order valence-electron chi connectivity index (χ4n) is 1.63. The molecule has 1 aromatic rings. The molecule has 0 saturated heterocycles. The van der Waals surface area contributed by atoms with Crippen molar-refractivity contribution in [1.29, 1.82) is 0 Å². The van der Waals surface area contributed by atoms with E-state index in [4.69, 9.17) is 21.1 Å². The van der Waals surface area contributed by atoms with Gasteiger partial charge in [-0.25, -0.2) is 0 Å². The van der Waals surface area contributed by atoms with Crippen LogP contribution < -0.4 is 10.1 Å². The fourth-order valence-corrected chi connectivity index (χ4v) is 1.87. The summed E-state index contributed by atoms with van der Waals surface area (Å²) in [7, 11) is 0. The van der Waals surface area contributed by atoms with E-state index < -0.39 is 6.10 Å². The zero-order valence-corrected chi connectivity index (χ0v) is 13.1. The average molecular weight is 302 g/mol. The van der Waals surface area contributed by atoms with Crippen LogP contribution in [0.4, 0.5) is 0 Å². The van der Waals surface area contributed by atoms with Gasteiger partial charge >= 0.3 is 0 Å². The molecular weight excluding hydrogens is 278 g/mol. The van der Waals surface area contributed by atoms with Crippen LogP contribution in [0, 0.1) is 0 Å². The SMILES string of the molecule is CCNCc1c(Cl)cccc1OCC(O)COC(C)C. The van der Waals surface area contributed by atoms with E-state index in [0.29, 0.717) is 17.3 Å². The maximum absolute atomic E-state index is 9.80. The Hall–Kier alpha value is -0.810. The molecule has 0 aliphatic heterocycles. The minimum absolute atomic E-state index is 0.0973. The lowest BCUT2D eigenvalue weighted by atomic mass is 10.2. The first kappa shape index (κ1) is 17.2. The monoisotopic (exact) mass is 301 g/mol. The summed E-state index contributed by atoms with van der Waals surface area (Å²) >= 11 is 6.18. The molecule has 0 saturated carbocycles. The largest absolute Gasteiger partial charge is 0.490 e. The molecule has 0 heterocycles. The Kier molecular flexibility index (Phi) is 7.92. The number of aliphatic hydroxyl groups is 1. The van der Waals surface area contributed by atoms with Gasteiger partial charge in [0.15, 0.2) is 0 Å². The van der Waals surface area contributed by atoms with Gasteiger partial charge in [-0.3, -0.25) is 0 Å². The Balaban J connectivity index is 2.56. The summed E-state index contributed by atoms with van der Waals surface area (Å²) in [6.07, 6.45) is -0.552. The zero-order valence-electron chi connectivity index (χ0n) is 12.4. The fraction of sp³-hybridized carbons (Fsp3) is 0.600. The normalized spacial score (nSPS) is 12.7. The van der Waals surface area contributed by atoms with Gasteiger partial charge in [-0.15, -0.1) is 0 Å². The van der Waals surface area contributed by atoms with Crippen molar-refractivity contribution in [1.82, 2.24) is 5.32 Å². The Morgan fingerprint density at radius 2 is 2.05 bits per heavy atom. The Bertz CT molecular complexity index is 399. The lowest BCUT2D eigenvalue weighted by molar-refractivity contribution is -0.0124. The third kappa shape index (κ3) is 6.09. The molecule has 0 aliphatic carbocycles. The summed E-state index contributed by atoms with van der Waals surface area (Å²) in [4.78, 5) is 0. The van der Waals surface area contributed by atoms with Gasteiger partial charge in [0, 0.05) is 17.1 Å². The molecule has 0 fully saturated rings. The molecule has 0 spiro atoms. The summed E-state index contributed by atoms with van der Waals surface area (Å²) in [6.45, 7) is 7.84. The van der Waals surface area contributed by atoms with Crippen molar-refractivity contribution in [3.63, 3.8) is 0 Å². The first-order chi connectivity index (χ1) is 9.54. The molecule has 1 atom stereocenters. The van der Waals surface area contributed by atoms with Gasteiger partial charge in [0.25, 0.3) is 0 Å². The Morgan fingerprint density at radius 1 is 1.30 bits per heavy atom. The molecule has 2 N–H and O–H groups in total. The molecular formula is C15H24ClNO3. The second-order valence-corrected chi connectivity index (χ2v) is 5.25. The van der Waals surface area contributed by atoms with Gasteiger partial charge < -0.3 is 19.9 Å². The van der Waals surface area contributed by atoms with Crippen molar-refractivity contribution in [2.24, 2.45) is 0 Å². The molecule has 5 heteroatoms. The summed E-state index contributed by atoms with van der Waals surface area (Å²) in [6, 6.07) is 5.53. The zero-order chi connectivity index (χ0) is 15.0. The number of ether oxygens (including phenoxy) is 2. The molecule has 20 heavy (non-hydrogen) atoms. The van der Waals surface area contributed by atoms with Crippen LogP contribution in [0.1, 0.15) is 26.3 Å². The number of rotatable bonds is 9. The van der Waals surface area contributed by atoms with Crippen LogP contribution in [-0.2, 0) is 11.3 Å². The maximum Gasteiger partial charge on any atom is 0.125 e. The van der Waals surface area contributed by atoms with Crippen LogP contribution in [0.15, 0.2) is 18.2 Å². The quantitative estimate of drug-likeness (QED) is 0.736.